The van der Waals surface area contributed by atoms with E-state index in [-0.39, 0.29) is 43.4 Å². The molecule has 2 aromatic carbocycles. The van der Waals surface area contributed by atoms with Gasteiger partial charge < -0.3 is 18.9 Å². The maximum atomic E-state index is 13.7. The van der Waals surface area contributed by atoms with Crippen LogP contribution in [-0.4, -0.2) is 55.2 Å². The molecule has 2 aromatic rings. The van der Waals surface area contributed by atoms with Crippen LogP contribution in [-0.2, 0) is 38.1 Å². The molecular weight excluding hydrogens is 572 g/mol. The Kier molecular flexibility index (Phi) is 10.8. The number of benzene rings is 2. The van der Waals surface area contributed by atoms with Gasteiger partial charge in [-0.2, -0.15) is 0 Å². The van der Waals surface area contributed by atoms with E-state index in [2.05, 4.69) is 0 Å². The number of rotatable bonds is 11. The summed E-state index contributed by atoms with van der Waals surface area (Å²) in [5.74, 6) is -5.65. The SMILES string of the molecule is CCOC(=O)C1=C(C(=O)OCC)N(c2ccc(Cl)cc2)C(C(=O)OCC)=C(C(=O)OCC)C1c1cccc([N+](=O)[O-])c1. The lowest BCUT2D eigenvalue weighted by atomic mass is 9.78. The Balaban J connectivity index is 2.61. The van der Waals surface area contributed by atoms with E-state index in [0.29, 0.717) is 5.02 Å². The van der Waals surface area contributed by atoms with Crippen LogP contribution in [0.3, 0.4) is 0 Å². The van der Waals surface area contributed by atoms with E-state index >= 15 is 0 Å². The predicted octanol–water partition coefficient (Wildman–Crippen LogP) is 4.61. The Morgan fingerprint density at radius 1 is 0.762 bits per heavy atom. The molecule has 1 heterocycles. The van der Waals surface area contributed by atoms with Gasteiger partial charge in [-0.1, -0.05) is 23.7 Å². The van der Waals surface area contributed by atoms with Crippen LogP contribution in [0.1, 0.15) is 39.2 Å². The highest BCUT2D eigenvalue weighted by Gasteiger charge is 2.48. The monoisotopic (exact) mass is 600 g/mol. The van der Waals surface area contributed by atoms with Gasteiger partial charge in [0.25, 0.3) is 5.69 Å². The van der Waals surface area contributed by atoms with Crippen LogP contribution in [0.15, 0.2) is 71.1 Å². The number of non-ortho nitro benzene ring substituents is 1. The minimum absolute atomic E-state index is 0.0367. The number of nitrogens with zero attached hydrogens (tertiary/aromatic N) is 2. The molecule has 0 unspecified atom stereocenters. The normalized spacial score (nSPS) is 13.5. The smallest absolute Gasteiger partial charge is 0.355 e. The van der Waals surface area contributed by atoms with E-state index in [1.807, 2.05) is 0 Å². The van der Waals surface area contributed by atoms with Crippen LogP contribution < -0.4 is 4.90 Å². The minimum Gasteiger partial charge on any atom is -0.463 e. The first-order valence-corrected chi connectivity index (χ1v) is 13.5. The molecule has 13 heteroatoms. The summed E-state index contributed by atoms with van der Waals surface area (Å²) < 4.78 is 21.3. The number of anilines is 1. The minimum atomic E-state index is -1.54. The molecule has 42 heavy (non-hydrogen) atoms. The molecular formula is C29H29ClN2O10. The topological polar surface area (TPSA) is 152 Å². The fourth-order valence-corrected chi connectivity index (χ4v) is 4.54. The van der Waals surface area contributed by atoms with Crippen molar-refractivity contribution in [3.8, 4) is 0 Å². The van der Waals surface area contributed by atoms with Crippen LogP contribution in [0, 0.1) is 10.1 Å². The maximum Gasteiger partial charge on any atom is 0.355 e. The highest BCUT2D eigenvalue weighted by atomic mass is 35.5. The zero-order chi connectivity index (χ0) is 31.0. The molecule has 222 valence electrons. The number of ether oxygens (including phenoxy) is 4. The maximum absolute atomic E-state index is 13.7. The number of nitro benzene ring substituents is 1. The molecule has 0 radical (unpaired) electrons. The second kappa shape index (κ2) is 14.3. The van der Waals surface area contributed by atoms with Gasteiger partial charge in [0.05, 0.1) is 48.4 Å². The van der Waals surface area contributed by atoms with E-state index in [1.54, 1.807) is 13.8 Å². The molecule has 0 saturated heterocycles. The Hall–Kier alpha value is -4.71. The van der Waals surface area contributed by atoms with Crippen molar-refractivity contribution in [2.45, 2.75) is 33.6 Å². The molecule has 0 amide bonds. The summed E-state index contributed by atoms with van der Waals surface area (Å²) in [6.07, 6.45) is 0. The summed E-state index contributed by atoms with van der Waals surface area (Å²) in [6.45, 7) is 5.70. The molecule has 0 N–H and O–H groups in total. The Morgan fingerprint density at radius 3 is 1.64 bits per heavy atom. The number of hydrogen-bond donors (Lipinski definition) is 0. The fraction of sp³-hybridized carbons (Fsp3) is 0.310. The molecule has 0 saturated carbocycles. The number of carbonyl (C=O) groups excluding carboxylic acids is 4. The summed E-state index contributed by atoms with van der Waals surface area (Å²) in [4.78, 5) is 66.9. The average Bonchev–Trinajstić information content (AvgIpc) is 2.96. The average molecular weight is 601 g/mol. The molecule has 12 nitrogen and oxygen atoms in total. The lowest BCUT2D eigenvalue weighted by molar-refractivity contribution is -0.384. The standard InChI is InChI=1S/C29H29ClN2O10/c1-5-39-26(33)22-21(17-10-9-11-20(16-17)32(37)38)23(27(34)40-6-2)25(29(36)42-8-4)31(24(22)28(35)41-7-3)19-14-12-18(30)13-15-19/h9-16,21H,5-8H2,1-4H3. The summed E-state index contributed by atoms with van der Waals surface area (Å²) in [7, 11) is 0. The van der Waals surface area contributed by atoms with Crippen LogP contribution in [0.5, 0.6) is 0 Å². The Bertz CT molecular complexity index is 1390. The molecule has 0 bridgehead atoms. The van der Waals surface area contributed by atoms with Crippen molar-refractivity contribution in [3.63, 3.8) is 0 Å². The number of carbonyl (C=O) groups is 4. The van der Waals surface area contributed by atoms with Crippen molar-refractivity contribution in [1.29, 1.82) is 0 Å². The second-order valence-corrected chi connectivity index (χ2v) is 8.94. The zero-order valence-electron chi connectivity index (χ0n) is 23.4. The van der Waals surface area contributed by atoms with Gasteiger partial charge in [-0.05, 0) is 57.5 Å². The van der Waals surface area contributed by atoms with Gasteiger partial charge in [0.1, 0.15) is 11.4 Å². The molecule has 0 atom stereocenters. The van der Waals surface area contributed by atoms with E-state index in [4.69, 9.17) is 30.5 Å². The highest BCUT2D eigenvalue weighted by molar-refractivity contribution is 6.30. The largest absolute Gasteiger partial charge is 0.463 e. The van der Waals surface area contributed by atoms with Crippen LogP contribution in [0.25, 0.3) is 0 Å². The fourth-order valence-electron chi connectivity index (χ4n) is 4.42. The number of hydrogen-bond acceptors (Lipinski definition) is 11. The Morgan fingerprint density at radius 2 is 1.21 bits per heavy atom. The molecule has 0 aromatic heterocycles. The van der Waals surface area contributed by atoms with E-state index in [1.165, 1.54) is 56.3 Å². The highest BCUT2D eigenvalue weighted by Crippen LogP contribution is 2.46. The third kappa shape index (κ3) is 6.60. The predicted molar refractivity (Wildman–Crippen MR) is 150 cm³/mol. The summed E-state index contributed by atoms with van der Waals surface area (Å²) in [5, 5.41) is 12.0. The zero-order valence-corrected chi connectivity index (χ0v) is 24.1. The Labute approximate surface area is 246 Å². The van der Waals surface area contributed by atoms with Crippen molar-refractivity contribution < 1.29 is 43.0 Å². The van der Waals surface area contributed by atoms with Gasteiger partial charge >= 0.3 is 23.9 Å². The van der Waals surface area contributed by atoms with Gasteiger partial charge in [0.2, 0.25) is 0 Å². The third-order valence-corrected chi connectivity index (χ3v) is 6.21. The van der Waals surface area contributed by atoms with Crippen LogP contribution in [0.2, 0.25) is 5.02 Å². The first-order valence-electron chi connectivity index (χ1n) is 13.1. The van der Waals surface area contributed by atoms with E-state index < -0.39 is 57.3 Å². The third-order valence-electron chi connectivity index (χ3n) is 5.96. The molecule has 1 aliphatic heterocycles. The summed E-state index contributed by atoms with van der Waals surface area (Å²) in [6, 6.07) is 11.0. The van der Waals surface area contributed by atoms with Gasteiger partial charge in [0.15, 0.2) is 0 Å². The van der Waals surface area contributed by atoms with Gasteiger partial charge in [-0.25, -0.2) is 19.2 Å². The van der Waals surface area contributed by atoms with Crippen molar-refractivity contribution >= 4 is 46.9 Å². The van der Waals surface area contributed by atoms with Gasteiger partial charge in [-0.15, -0.1) is 0 Å². The molecule has 3 rings (SSSR count). The van der Waals surface area contributed by atoms with Gasteiger partial charge in [-0.3, -0.25) is 15.0 Å². The van der Waals surface area contributed by atoms with E-state index in [0.717, 1.165) is 11.0 Å². The molecule has 1 aliphatic rings. The molecule has 0 spiro atoms. The first kappa shape index (κ1) is 31.8. The van der Waals surface area contributed by atoms with Crippen molar-refractivity contribution in [2.75, 3.05) is 31.3 Å². The van der Waals surface area contributed by atoms with Crippen LogP contribution >= 0.6 is 11.6 Å². The summed E-state index contributed by atoms with van der Waals surface area (Å²) in [5.41, 5.74) is -1.89. The number of nitro groups is 1. The number of esters is 4. The molecule has 0 aliphatic carbocycles. The lowest BCUT2D eigenvalue weighted by Gasteiger charge is -2.37. The second-order valence-electron chi connectivity index (χ2n) is 8.50. The van der Waals surface area contributed by atoms with Crippen LogP contribution in [0.4, 0.5) is 11.4 Å². The lowest BCUT2D eigenvalue weighted by Crippen LogP contribution is -2.43. The van der Waals surface area contributed by atoms with Crippen molar-refractivity contribution in [1.82, 2.24) is 0 Å². The quantitative estimate of drug-likeness (QED) is 0.154. The van der Waals surface area contributed by atoms with Crippen molar-refractivity contribution in [3.05, 3.63) is 91.8 Å². The van der Waals surface area contributed by atoms with Crippen molar-refractivity contribution in [2.24, 2.45) is 0 Å². The first-order chi connectivity index (χ1) is 20.1. The summed E-state index contributed by atoms with van der Waals surface area (Å²) >= 11 is 6.10. The molecule has 0 fully saturated rings. The van der Waals surface area contributed by atoms with E-state index in [9.17, 15) is 29.3 Å². The number of halogens is 1. The van der Waals surface area contributed by atoms with Gasteiger partial charge in [0, 0.05) is 22.8 Å².